The molecule has 0 unspecified atom stereocenters. The minimum Gasteiger partial charge on any atom is -0.357 e. The van der Waals surface area contributed by atoms with Gasteiger partial charge in [-0.05, 0) is 13.3 Å². The molecule has 1 N–H and O–H groups in total. The lowest BCUT2D eigenvalue weighted by Crippen LogP contribution is -2.27. The summed E-state index contributed by atoms with van der Waals surface area (Å²) < 4.78 is 0. The largest absolute Gasteiger partial charge is 0.357 e. The Kier molecular flexibility index (Phi) is 5.19. The molecule has 1 heterocycles. The number of nitrogens with zero attached hydrogens (tertiary/aromatic N) is 2. The Morgan fingerprint density at radius 1 is 1.41 bits per heavy atom. The Bertz CT molecular complexity index is 398. The first kappa shape index (κ1) is 13.7. The Balaban J connectivity index is 2.98. The van der Waals surface area contributed by atoms with Crippen molar-refractivity contribution < 1.29 is 0 Å². The number of H-pyrrole nitrogens is 1. The molecule has 0 fully saturated rings. The SMILES string of the molecule is CCCCN(CC)c1cc(=O)[nH]c(C(C)C)n1. The first-order valence-corrected chi connectivity index (χ1v) is 6.44. The molecule has 1 rings (SSSR count). The van der Waals surface area contributed by atoms with Crippen LogP contribution in [0.2, 0.25) is 0 Å². The van der Waals surface area contributed by atoms with Gasteiger partial charge in [0.15, 0.2) is 0 Å². The minimum atomic E-state index is -0.0614. The predicted molar refractivity (Wildman–Crippen MR) is 71.7 cm³/mol. The lowest BCUT2D eigenvalue weighted by atomic mass is 10.2. The van der Waals surface area contributed by atoms with E-state index in [-0.39, 0.29) is 11.5 Å². The predicted octanol–water partition coefficient (Wildman–Crippen LogP) is 2.52. The van der Waals surface area contributed by atoms with Crippen molar-refractivity contribution in [1.82, 2.24) is 9.97 Å². The van der Waals surface area contributed by atoms with Gasteiger partial charge in [0.2, 0.25) is 0 Å². The molecule has 0 saturated heterocycles. The van der Waals surface area contributed by atoms with Crippen molar-refractivity contribution in [3.05, 3.63) is 22.2 Å². The molecule has 0 aliphatic carbocycles. The summed E-state index contributed by atoms with van der Waals surface area (Å²) in [5, 5.41) is 0. The number of anilines is 1. The normalized spacial score (nSPS) is 10.9. The highest BCUT2D eigenvalue weighted by Crippen LogP contribution is 2.13. The van der Waals surface area contributed by atoms with E-state index in [4.69, 9.17) is 0 Å². The van der Waals surface area contributed by atoms with Crippen LogP contribution >= 0.6 is 0 Å². The second-order valence-corrected chi connectivity index (χ2v) is 4.58. The molecule has 0 bridgehead atoms. The van der Waals surface area contributed by atoms with Crippen LogP contribution in [0.5, 0.6) is 0 Å². The van der Waals surface area contributed by atoms with Crippen molar-refractivity contribution >= 4 is 5.82 Å². The van der Waals surface area contributed by atoms with Crippen LogP contribution in [0, 0.1) is 0 Å². The molecule has 0 saturated carbocycles. The quantitative estimate of drug-likeness (QED) is 0.827. The standard InChI is InChI=1S/C13H23N3O/c1-5-7-8-16(6-2)11-9-12(17)15-13(14-11)10(3)4/h9-10H,5-8H2,1-4H3,(H,14,15,17). The molecule has 0 aliphatic rings. The monoisotopic (exact) mass is 237 g/mol. The summed E-state index contributed by atoms with van der Waals surface area (Å²) in [6, 6.07) is 1.59. The summed E-state index contributed by atoms with van der Waals surface area (Å²) in [6.07, 6.45) is 2.27. The summed E-state index contributed by atoms with van der Waals surface area (Å²) >= 11 is 0. The molecular weight excluding hydrogens is 214 g/mol. The van der Waals surface area contributed by atoms with E-state index in [9.17, 15) is 4.79 Å². The van der Waals surface area contributed by atoms with Crippen molar-refractivity contribution in [2.24, 2.45) is 0 Å². The fraction of sp³-hybridized carbons (Fsp3) is 0.692. The number of aromatic nitrogens is 2. The van der Waals surface area contributed by atoms with E-state index in [0.29, 0.717) is 0 Å². The van der Waals surface area contributed by atoms with Gasteiger partial charge in [0, 0.05) is 25.1 Å². The third-order valence-electron chi connectivity index (χ3n) is 2.78. The molecule has 4 heteroatoms. The number of hydrogen-bond donors (Lipinski definition) is 1. The lowest BCUT2D eigenvalue weighted by molar-refractivity contribution is 0.706. The highest BCUT2D eigenvalue weighted by molar-refractivity contribution is 5.37. The van der Waals surface area contributed by atoms with Crippen molar-refractivity contribution in [1.29, 1.82) is 0 Å². The maximum atomic E-state index is 11.6. The highest BCUT2D eigenvalue weighted by Gasteiger charge is 2.09. The Labute approximate surface area is 103 Å². The lowest BCUT2D eigenvalue weighted by Gasteiger charge is -2.22. The molecule has 4 nitrogen and oxygen atoms in total. The van der Waals surface area contributed by atoms with E-state index in [2.05, 4.69) is 28.7 Å². The van der Waals surface area contributed by atoms with Crippen LogP contribution in [-0.2, 0) is 0 Å². The molecule has 0 amide bonds. The van der Waals surface area contributed by atoms with E-state index < -0.39 is 0 Å². The summed E-state index contributed by atoms with van der Waals surface area (Å²) in [5.41, 5.74) is -0.0614. The maximum absolute atomic E-state index is 11.6. The number of nitrogens with one attached hydrogen (secondary N) is 1. The Hall–Kier alpha value is -1.32. The third kappa shape index (κ3) is 3.88. The average Bonchev–Trinajstić information content (AvgIpc) is 2.29. The van der Waals surface area contributed by atoms with Gasteiger partial charge in [-0.2, -0.15) is 0 Å². The minimum absolute atomic E-state index is 0.0614. The fourth-order valence-electron chi connectivity index (χ4n) is 1.68. The van der Waals surface area contributed by atoms with Crippen LogP contribution in [0.1, 0.15) is 52.3 Å². The number of rotatable bonds is 6. The number of unbranched alkanes of at least 4 members (excludes halogenated alkanes) is 1. The van der Waals surface area contributed by atoms with E-state index >= 15 is 0 Å². The van der Waals surface area contributed by atoms with Gasteiger partial charge < -0.3 is 9.88 Å². The molecule has 0 aliphatic heterocycles. The molecular formula is C13H23N3O. The van der Waals surface area contributed by atoms with Crippen LogP contribution in [0.4, 0.5) is 5.82 Å². The summed E-state index contributed by atoms with van der Waals surface area (Å²) in [7, 11) is 0. The first-order chi connectivity index (χ1) is 8.08. The van der Waals surface area contributed by atoms with E-state index in [1.165, 1.54) is 0 Å². The fourth-order valence-corrected chi connectivity index (χ4v) is 1.68. The van der Waals surface area contributed by atoms with Gasteiger partial charge in [-0.1, -0.05) is 27.2 Å². The average molecular weight is 237 g/mol. The topological polar surface area (TPSA) is 49.0 Å². The smallest absolute Gasteiger partial charge is 0.252 e. The summed E-state index contributed by atoms with van der Waals surface area (Å²) in [5.74, 6) is 1.81. The van der Waals surface area contributed by atoms with Gasteiger partial charge >= 0.3 is 0 Å². The zero-order chi connectivity index (χ0) is 12.8. The highest BCUT2D eigenvalue weighted by atomic mass is 16.1. The molecule has 0 spiro atoms. The second kappa shape index (κ2) is 6.42. The Morgan fingerprint density at radius 2 is 2.12 bits per heavy atom. The van der Waals surface area contributed by atoms with Crippen molar-refractivity contribution in [2.75, 3.05) is 18.0 Å². The van der Waals surface area contributed by atoms with Gasteiger partial charge in [0.1, 0.15) is 11.6 Å². The van der Waals surface area contributed by atoms with E-state index in [1.54, 1.807) is 6.07 Å². The second-order valence-electron chi connectivity index (χ2n) is 4.58. The number of aromatic amines is 1. The number of hydrogen-bond acceptors (Lipinski definition) is 3. The van der Waals surface area contributed by atoms with Gasteiger partial charge in [-0.15, -0.1) is 0 Å². The Morgan fingerprint density at radius 3 is 2.65 bits per heavy atom. The third-order valence-corrected chi connectivity index (χ3v) is 2.78. The molecule has 1 aromatic heterocycles. The van der Waals surface area contributed by atoms with Crippen LogP contribution in [0.3, 0.4) is 0 Å². The molecule has 1 aromatic rings. The van der Waals surface area contributed by atoms with Crippen molar-refractivity contribution in [2.45, 2.75) is 46.5 Å². The van der Waals surface area contributed by atoms with Gasteiger partial charge in [0.25, 0.3) is 5.56 Å². The van der Waals surface area contributed by atoms with Crippen molar-refractivity contribution in [3.63, 3.8) is 0 Å². The van der Waals surface area contributed by atoms with Crippen LogP contribution < -0.4 is 10.5 Å². The van der Waals surface area contributed by atoms with Crippen LogP contribution in [0.25, 0.3) is 0 Å². The molecule has 96 valence electrons. The zero-order valence-corrected chi connectivity index (χ0v) is 11.3. The zero-order valence-electron chi connectivity index (χ0n) is 11.3. The maximum Gasteiger partial charge on any atom is 0.252 e. The van der Waals surface area contributed by atoms with E-state index in [0.717, 1.165) is 37.6 Å². The van der Waals surface area contributed by atoms with Crippen LogP contribution in [-0.4, -0.2) is 23.1 Å². The molecule has 0 atom stereocenters. The summed E-state index contributed by atoms with van der Waals surface area (Å²) in [6.45, 7) is 10.2. The van der Waals surface area contributed by atoms with Gasteiger partial charge in [0.05, 0.1) is 0 Å². The first-order valence-electron chi connectivity index (χ1n) is 6.44. The van der Waals surface area contributed by atoms with Crippen LogP contribution in [0.15, 0.2) is 10.9 Å². The molecule has 0 radical (unpaired) electrons. The van der Waals surface area contributed by atoms with Gasteiger partial charge in [-0.3, -0.25) is 4.79 Å². The summed E-state index contributed by atoms with van der Waals surface area (Å²) in [4.78, 5) is 21.1. The van der Waals surface area contributed by atoms with Gasteiger partial charge in [-0.25, -0.2) is 4.98 Å². The molecule has 17 heavy (non-hydrogen) atoms. The molecule has 0 aromatic carbocycles. The van der Waals surface area contributed by atoms with Crippen molar-refractivity contribution in [3.8, 4) is 0 Å². The van der Waals surface area contributed by atoms with E-state index in [1.807, 2.05) is 13.8 Å².